The van der Waals surface area contributed by atoms with Gasteiger partial charge < -0.3 is 9.64 Å². The van der Waals surface area contributed by atoms with Crippen LogP contribution in [-0.4, -0.2) is 58.4 Å². The molecule has 0 fully saturated rings. The summed E-state index contributed by atoms with van der Waals surface area (Å²) in [7, 11) is 1.62. The highest BCUT2D eigenvalue weighted by Gasteiger charge is 2.18. The first-order valence-electron chi connectivity index (χ1n) is 10.0. The molecule has 0 spiro atoms. The second-order valence-corrected chi connectivity index (χ2v) is 10.4. The van der Waals surface area contributed by atoms with Gasteiger partial charge in [-0.05, 0) is 38.8 Å². The largest absolute Gasteiger partial charge is 0.463 e. The van der Waals surface area contributed by atoms with E-state index in [9.17, 15) is 14.9 Å². The van der Waals surface area contributed by atoms with E-state index < -0.39 is 5.97 Å². The van der Waals surface area contributed by atoms with Gasteiger partial charge in [-0.1, -0.05) is 58.3 Å². The van der Waals surface area contributed by atoms with E-state index in [0.717, 1.165) is 0 Å². The summed E-state index contributed by atoms with van der Waals surface area (Å²) in [6, 6.07) is 2.10. The van der Waals surface area contributed by atoms with Crippen LogP contribution in [0, 0.1) is 39.0 Å². The number of carbonyl (C=O) groups is 2. The van der Waals surface area contributed by atoms with Crippen molar-refractivity contribution in [3.05, 3.63) is 43.1 Å². The molecule has 2 aromatic rings. The molecule has 0 radical (unpaired) electrons. The lowest BCUT2D eigenvalue weighted by molar-refractivity contribution is -0.142. The lowest BCUT2D eigenvalue weighted by Gasteiger charge is -2.17. The summed E-state index contributed by atoms with van der Waals surface area (Å²) in [5.74, 6) is -0.520. The second-order valence-electron chi connectivity index (χ2n) is 7.30. The highest BCUT2D eigenvalue weighted by Crippen LogP contribution is 2.33. The number of rotatable bonds is 9. The Bertz CT molecular complexity index is 1160. The molecule has 2 rings (SSSR count). The maximum Gasteiger partial charge on any atom is 0.316 e. The number of likely N-dealkylation sites (N-methyl/N-ethyl adjacent to an activating group) is 1. The van der Waals surface area contributed by atoms with Crippen LogP contribution in [0.2, 0.25) is 15.1 Å². The van der Waals surface area contributed by atoms with Gasteiger partial charge in [-0.15, -0.1) is 0 Å². The van der Waals surface area contributed by atoms with Crippen LogP contribution >= 0.6 is 58.3 Å². The number of pyridine rings is 2. The summed E-state index contributed by atoms with van der Waals surface area (Å²) >= 11 is 20.9. The molecular weight excluding hydrogens is 539 g/mol. The Morgan fingerprint density at radius 2 is 1.50 bits per heavy atom. The monoisotopic (exact) mass is 560 g/mol. The standard InChI is InChI=1S/C22H23Cl3N4O3S2/c1-11-15(8-26)21(27-13(3)18(11)23)33-9-16(30)29(5)6-7-32-17(31)10-34-22-20(25)12(2)19(24)14(4)28-22/h6-7,9-10H2,1-5H3. The lowest BCUT2D eigenvalue weighted by atomic mass is 10.1. The number of amides is 1. The zero-order valence-corrected chi connectivity index (χ0v) is 23.2. The minimum atomic E-state index is -0.446. The van der Waals surface area contributed by atoms with Gasteiger partial charge in [0.2, 0.25) is 5.91 Å². The molecule has 0 aliphatic rings. The number of esters is 1. The number of aryl methyl sites for hydroxylation is 2. The normalized spacial score (nSPS) is 10.7. The van der Waals surface area contributed by atoms with E-state index in [1.807, 2.05) is 0 Å². The number of ether oxygens (including phenoxy) is 1. The molecule has 0 bridgehead atoms. The molecule has 0 aliphatic heterocycles. The SMILES string of the molecule is Cc1nc(SCC(=O)OCCN(C)C(=O)CSc2nc(C)c(Cl)c(C)c2C#N)c(Cl)c(C)c1Cl. The number of nitriles is 1. The van der Waals surface area contributed by atoms with Crippen molar-refractivity contribution >= 4 is 70.2 Å². The third kappa shape index (κ3) is 7.15. The van der Waals surface area contributed by atoms with Crippen molar-refractivity contribution in [3.8, 4) is 6.07 Å². The number of hydrogen-bond donors (Lipinski definition) is 0. The van der Waals surface area contributed by atoms with Crippen molar-refractivity contribution in [2.75, 3.05) is 31.7 Å². The summed E-state index contributed by atoms with van der Waals surface area (Å²) in [6.45, 7) is 7.34. The Morgan fingerprint density at radius 3 is 2.12 bits per heavy atom. The number of thioether (sulfide) groups is 2. The molecule has 7 nitrogen and oxygen atoms in total. The predicted octanol–water partition coefficient (Wildman–Crippen LogP) is 5.43. The molecule has 2 aromatic heterocycles. The highest BCUT2D eigenvalue weighted by atomic mass is 35.5. The van der Waals surface area contributed by atoms with Crippen molar-refractivity contribution in [1.29, 1.82) is 5.26 Å². The summed E-state index contributed by atoms with van der Waals surface area (Å²) in [5.41, 5.74) is 2.96. The van der Waals surface area contributed by atoms with E-state index in [0.29, 0.717) is 53.2 Å². The molecule has 34 heavy (non-hydrogen) atoms. The van der Waals surface area contributed by atoms with E-state index in [-0.39, 0.29) is 30.6 Å². The van der Waals surface area contributed by atoms with Crippen LogP contribution in [0.15, 0.2) is 10.1 Å². The van der Waals surface area contributed by atoms with Crippen LogP contribution in [0.4, 0.5) is 0 Å². The van der Waals surface area contributed by atoms with Gasteiger partial charge in [0.25, 0.3) is 0 Å². The molecule has 182 valence electrons. The zero-order chi connectivity index (χ0) is 25.6. The highest BCUT2D eigenvalue weighted by molar-refractivity contribution is 8.00. The maximum atomic E-state index is 12.5. The summed E-state index contributed by atoms with van der Waals surface area (Å²) in [5, 5.41) is 11.7. The molecule has 0 saturated heterocycles. The molecular formula is C22H23Cl3N4O3S2. The van der Waals surface area contributed by atoms with Gasteiger partial charge in [0, 0.05) is 7.05 Å². The summed E-state index contributed by atoms with van der Waals surface area (Å²) in [6.07, 6.45) is 0. The first kappa shape index (κ1) is 28.5. The first-order chi connectivity index (χ1) is 16.0. The van der Waals surface area contributed by atoms with Crippen LogP contribution in [-0.2, 0) is 14.3 Å². The van der Waals surface area contributed by atoms with E-state index in [2.05, 4.69) is 16.0 Å². The van der Waals surface area contributed by atoms with Gasteiger partial charge in [0.1, 0.15) is 22.7 Å². The predicted molar refractivity (Wildman–Crippen MR) is 137 cm³/mol. The van der Waals surface area contributed by atoms with Crippen LogP contribution in [0.25, 0.3) is 0 Å². The smallest absolute Gasteiger partial charge is 0.316 e. The summed E-state index contributed by atoms with van der Waals surface area (Å²) in [4.78, 5) is 34.7. The average Bonchev–Trinajstić information content (AvgIpc) is 2.80. The van der Waals surface area contributed by atoms with Crippen LogP contribution in [0.1, 0.15) is 28.1 Å². The van der Waals surface area contributed by atoms with Gasteiger partial charge >= 0.3 is 5.97 Å². The van der Waals surface area contributed by atoms with E-state index in [4.69, 9.17) is 39.5 Å². The van der Waals surface area contributed by atoms with Crippen molar-refractivity contribution < 1.29 is 14.3 Å². The van der Waals surface area contributed by atoms with Crippen LogP contribution < -0.4 is 0 Å². The van der Waals surface area contributed by atoms with E-state index in [1.165, 1.54) is 28.4 Å². The Labute approximate surface area is 222 Å². The van der Waals surface area contributed by atoms with Crippen LogP contribution in [0.5, 0.6) is 0 Å². The molecule has 2 heterocycles. The number of halogens is 3. The third-order valence-electron chi connectivity index (χ3n) is 4.82. The first-order valence-corrected chi connectivity index (χ1v) is 13.1. The fraction of sp³-hybridized carbons (Fsp3) is 0.409. The molecule has 12 heteroatoms. The van der Waals surface area contributed by atoms with Gasteiger partial charge in [-0.3, -0.25) is 9.59 Å². The third-order valence-corrected chi connectivity index (χ3v) is 8.42. The van der Waals surface area contributed by atoms with Gasteiger partial charge in [-0.25, -0.2) is 9.97 Å². The lowest BCUT2D eigenvalue weighted by Crippen LogP contribution is -2.32. The average molecular weight is 562 g/mol. The molecule has 0 atom stereocenters. The quantitative estimate of drug-likeness (QED) is 0.295. The number of hydrogen-bond acceptors (Lipinski definition) is 8. The Hall–Kier alpha value is -1.70. The number of carbonyl (C=O) groups excluding carboxylic acids is 2. The second kappa shape index (κ2) is 12.8. The van der Waals surface area contributed by atoms with Gasteiger partial charge in [-0.2, -0.15) is 5.26 Å². The zero-order valence-electron chi connectivity index (χ0n) is 19.3. The number of aromatic nitrogens is 2. The molecule has 0 aliphatic carbocycles. The molecule has 0 aromatic carbocycles. The Kier molecular flexibility index (Phi) is 10.8. The number of nitrogens with zero attached hydrogens (tertiary/aromatic N) is 4. The molecule has 0 N–H and O–H groups in total. The minimum Gasteiger partial charge on any atom is -0.463 e. The topological polar surface area (TPSA) is 96.2 Å². The van der Waals surface area contributed by atoms with Crippen molar-refractivity contribution in [2.45, 2.75) is 37.7 Å². The Balaban J connectivity index is 1.81. The van der Waals surface area contributed by atoms with E-state index in [1.54, 1.807) is 34.7 Å². The molecule has 0 saturated carbocycles. The van der Waals surface area contributed by atoms with Crippen molar-refractivity contribution in [2.24, 2.45) is 0 Å². The van der Waals surface area contributed by atoms with E-state index >= 15 is 0 Å². The van der Waals surface area contributed by atoms with Crippen molar-refractivity contribution in [3.63, 3.8) is 0 Å². The Morgan fingerprint density at radius 1 is 0.941 bits per heavy atom. The van der Waals surface area contributed by atoms with Crippen molar-refractivity contribution in [1.82, 2.24) is 14.9 Å². The van der Waals surface area contributed by atoms with Crippen LogP contribution in [0.3, 0.4) is 0 Å². The molecule has 1 amide bonds. The molecule has 0 unspecified atom stereocenters. The van der Waals surface area contributed by atoms with Gasteiger partial charge in [0.05, 0.1) is 50.1 Å². The fourth-order valence-corrected chi connectivity index (χ4v) is 5.21. The van der Waals surface area contributed by atoms with Gasteiger partial charge in [0.15, 0.2) is 0 Å². The maximum absolute atomic E-state index is 12.5. The summed E-state index contributed by atoms with van der Waals surface area (Å²) < 4.78 is 5.23. The minimum absolute atomic E-state index is 0.0264. The fourth-order valence-electron chi connectivity index (χ4n) is 2.74.